The third kappa shape index (κ3) is 4.64. The maximum absolute atomic E-state index is 14.9. The smallest absolute Gasteiger partial charge is 0.261 e. The summed E-state index contributed by atoms with van der Waals surface area (Å²) in [5.41, 5.74) is -1.16. The first-order valence-corrected chi connectivity index (χ1v) is 11.8. The second-order valence-electron chi connectivity index (χ2n) is 8.47. The lowest BCUT2D eigenvalue weighted by Gasteiger charge is -2.19. The van der Waals surface area contributed by atoms with Gasteiger partial charge in [-0.3, -0.25) is 14.2 Å². The Hall–Kier alpha value is -3.57. The topological polar surface area (TPSA) is 108 Å². The molecule has 3 N–H and O–H groups in total. The number of halogens is 4. The van der Waals surface area contributed by atoms with Crippen LogP contribution in [0.25, 0.3) is 16.7 Å². The van der Waals surface area contributed by atoms with Gasteiger partial charge in [-0.2, -0.15) is 0 Å². The van der Waals surface area contributed by atoms with Gasteiger partial charge in [0, 0.05) is 25.4 Å². The molecule has 1 saturated heterocycles. The summed E-state index contributed by atoms with van der Waals surface area (Å²) in [6, 6.07) is 10.4. The lowest BCUT2D eigenvalue weighted by atomic mass is 10.1. The summed E-state index contributed by atoms with van der Waals surface area (Å²) >= 11 is 12.3. The van der Waals surface area contributed by atoms with Crippen molar-refractivity contribution in [3.8, 4) is 5.69 Å². The van der Waals surface area contributed by atoms with Crippen molar-refractivity contribution in [1.29, 1.82) is 0 Å². The van der Waals surface area contributed by atoms with Gasteiger partial charge in [0.05, 0.1) is 39.0 Å². The van der Waals surface area contributed by atoms with Gasteiger partial charge in [0.25, 0.3) is 5.91 Å². The molecule has 190 valence electrons. The molecule has 2 aromatic carbocycles. The molecule has 2 aromatic heterocycles. The van der Waals surface area contributed by atoms with E-state index in [0.29, 0.717) is 11.9 Å². The van der Waals surface area contributed by atoms with Crippen LogP contribution in [0.5, 0.6) is 0 Å². The quantitative estimate of drug-likeness (QED) is 0.359. The molecule has 1 amide bonds. The number of hydrogen-bond donors (Lipinski definition) is 3. The average molecular weight is 547 g/mol. The van der Waals surface area contributed by atoms with Gasteiger partial charge in [-0.15, -0.1) is 0 Å². The molecule has 5 rings (SSSR count). The Morgan fingerprint density at radius 2 is 1.70 bits per heavy atom. The van der Waals surface area contributed by atoms with Gasteiger partial charge in [0.15, 0.2) is 5.65 Å². The summed E-state index contributed by atoms with van der Waals surface area (Å²) in [7, 11) is 0. The number of benzene rings is 2. The Morgan fingerprint density at radius 1 is 1.03 bits per heavy atom. The van der Waals surface area contributed by atoms with Gasteiger partial charge in [-0.25, -0.2) is 13.8 Å². The first kappa shape index (κ1) is 25.1. The first-order valence-electron chi connectivity index (χ1n) is 11.0. The minimum Gasteiger partial charge on any atom is -0.389 e. The number of amides is 1. The molecule has 1 fully saturated rings. The van der Waals surface area contributed by atoms with Gasteiger partial charge < -0.3 is 20.4 Å². The van der Waals surface area contributed by atoms with E-state index in [-0.39, 0.29) is 51.1 Å². The van der Waals surface area contributed by atoms with E-state index < -0.39 is 35.2 Å². The Kier molecular flexibility index (Phi) is 6.59. The number of hydrogen-bond acceptors (Lipinski definition) is 6. The summed E-state index contributed by atoms with van der Waals surface area (Å²) in [4.78, 5) is 32.6. The van der Waals surface area contributed by atoms with Crippen LogP contribution < -0.4 is 15.6 Å². The predicted molar refractivity (Wildman–Crippen MR) is 136 cm³/mol. The summed E-state index contributed by atoms with van der Waals surface area (Å²) in [6.07, 6.45) is -0.875. The summed E-state index contributed by atoms with van der Waals surface area (Å²) in [5, 5.41) is 22.6. The molecular formula is C25H18Cl2F2N4O4. The monoisotopic (exact) mass is 546 g/mol. The highest BCUT2D eigenvalue weighted by Crippen LogP contribution is 2.30. The first-order chi connectivity index (χ1) is 17.6. The van der Waals surface area contributed by atoms with Crippen LogP contribution in [0.3, 0.4) is 0 Å². The fraction of sp³-hybridized carbons (Fsp3) is 0.160. The number of carbonyl (C=O) groups is 1. The van der Waals surface area contributed by atoms with Crippen molar-refractivity contribution in [2.45, 2.75) is 12.2 Å². The van der Waals surface area contributed by atoms with Crippen LogP contribution in [0, 0.1) is 11.6 Å². The zero-order valence-electron chi connectivity index (χ0n) is 18.8. The van der Waals surface area contributed by atoms with Crippen molar-refractivity contribution in [3.63, 3.8) is 0 Å². The molecule has 3 heterocycles. The SMILES string of the molecule is O=C(Nc1c(Cl)cccc1Cl)c1cn(-c2ccc(F)cc2F)c2nc(N3C[C@@H](O)[C@@H](O)C3)ccc2c1=O. The highest BCUT2D eigenvalue weighted by Gasteiger charge is 2.31. The third-order valence-electron chi connectivity index (χ3n) is 6.03. The number of fused-ring (bicyclic) bond motifs is 1. The predicted octanol–water partition coefficient (Wildman–Crippen LogP) is 3.76. The lowest BCUT2D eigenvalue weighted by Crippen LogP contribution is -2.26. The van der Waals surface area contributed by atoms with Crippen molar-refractivity contribution >= 4 is 51.6 Å². The van der Waals surface area contributed by atoms with E-state index in [9.17, 15) is 28.6 Å². The lowest BCUT2D eigenvalue weighted by molar-refractivity contribution is 0.0572. The number of pyridine rings is 2. The van der Waals surface area contributed by atoms with Crippen LogP contribution in [0.15, 0.2) is 59.5 Å². The van der Waals surface area contributed by atoms with E-state index in [2.05, 4.69) is 10.3 Å². The molecular weight excluding hydrogens is 529 g/mol. The number of aromatic nitrogens is 2. The van der Waals surface area contributed by atoms with Crippen LogP contribution in [-0.4, -0.2) is 51.0 Å². The third-order valence-corrected chi connectivity index (χ3v) is 6.66. The number of rotatable bonds is 4. The van der Waals surface area contributed by atoms with Gasteiger partial charge in [-0.1, -0.05) is 29.3 Å². The molecule has 0 radical (unpaired) electrons. The molecule has 37 heavy (non-hydrogen) atoms. The molecule has 0 bridgehead atoms. The van der Waals surface area contributed by atoms with Crippen molar-refractivity contribution in [2.24, 2.45) is 0 Å². The summed E-state index contributed by atoms with van der Waals surface area (Å²) < 4.78 is 29.7. The van der Waals surface area contributed by atoms with Crippen molar-refractivity contribution in [3.05, 3.63) is 92.2 Å². The van der Waals surface area contributed by atoms with Crippen LogP contribution in [0.1, 0.15) is 10.4 Å². The zero-order chi connectivity index (χ0) is 26.4. The molecule has 0 aliphatic carbocycles. The number of nitrogens with zero attached hydrogens (tertiary/aromatic N) is 3. The largest absolute Gasteiger partial charge is 0.389 e. The molecule has 4 aromatic rings. The van der Waals surface area contributed by atoms with Crippen molar-refractivity contribution in [2.75, 3.05) is 23.3 Å². The van der Waals surface area contributed by atoms with E-state index in [4.69, 9.17) is 23.2 Å². The fourth-order valence-electron chi connectivity index (χ4n) is 4.15. The van der Waals surface area contributed by atoms with E-state index in [1.807, 2.05) is 0 Å². The van der Waals surface area contributed by atoms with Crippen LogP contribution >= 0.6 is 23.2 Å². The molecule has 12 heteroatoms. The number of carbonyl (C=O) groups excluding carboxylic acids is 1. The van der Waals surface area contributed by atoms with Crippen molar-refractivity contribution in [1.82, 2.24) is 9.55 Å². The molecule has 2 atom stereocenters. The van der Waals surface area contributed by atoms with Gasteiger partial charge in [0.1, 0.15) is 23.0 Å². The average Bonchev–Trinajstić information content (AvgIpc) is 3.20. The summed E-state index contributed by atoms with van der Waals surface area (Å²) in [6.45, 7) is 0.182. The highest BCUT2D eigenvalue weighted by molar-refractivity contribution is 6.40. The van der Waals surface area contributed by atoms with E-state index in [1.165, 1.54) is 28.8 Å². The van der Waals surface area contributed by atoms with E-state index in [1.54, 1.807) is 11.0 Å². The molecule has 0 unspecified atom stereocenters. The van der Waals surface area contributed by atoms with Gasteiger partial charge in [0.2, 0.25) is 5.43 Å². The Balaban J connectivity index is 1.69. The van der Waals surface area contributed by atoms with Crippen LogP contribution in [0.4, 0.5) is 20.3 Å². The maximum atomic E-state index is 14.9. The number of β-amino-alcohol motifs (C(OH)–C–C–N with tert-alkyl or cyclic N) is 2. The normalized spacial score (nSPS) is 17.4. The van der Waals surface area contributed by atoms with E-state index in [0.717, 1.165) is 18.3 Å². The molecule has 0 spiro atoms. The number of anilines is 2. The summed E-state index contributed by atoms with van der Waals surface area (Å²) in [5.74, 6) is -2.32. The molecule has 1 aliphatic heterocycles. The fourth-order valence-corrected chi connectivity index (χ4v) is 4.64. The molecule has 1 aliphatic rings. The van der Waals surface area contributed by atoms with Crippen LogP contribution in [-0.2, 0) is 0 Å². The molecule has 0 saturated carbocycles. The minimum atomic E-state index is -0.989. The Labute approximate surface area is 218 Å². The van der Waals surface area contributed by atoms with Gasteiger partial charge >= 0.3 is 0 Å². The second-order valence-corrected chi connectivity index (χ2v) is 9.28. The number of para-hydroxylation sites is 1. The molecule has 8 nitrogen and oxygen atoms in total. The highest BCUT2D eigenvalue weighted by atomic mass is 35.5. The minimum absolute atomic E-state index is 0.0174. The van der Waals surface area contributed by atoms with Gasteiger partial charge in [-0.05, 0) is 36.4 Å². The number of aliphatic hydroxyl groups excluding tert-OH is 2. The van der Waals surface area contributed by atoms with E-state index >= 15 is 0 Å². The van der Waals surface area contributed by atoms with Crippen LogP contribution in [0.2, 0.25) is 10.0 Å². The standard InChI is InChI=1S/C25H18Cl2F2N4O4/c26-15-2-1-3-16(27)22(15)31-25(37)14-9-33(18-6-4-12(28)8-17(18)29)24-13(23(14)36)5-7-21(30-24)32-10-19(34)20(35)11-32/h1-9,19-20,34-35H,10-11H2,(H,31,37)/t19-,20+. The Bertz CT molecular complexity index is 1580. The Morgan fingerprint density at radius 3 is 2.35 bits per heavy atom. The number of aliphatic hydroxyl groups is 2. The van der Waals surface area contributed by atoms with Crippen molar-refractivity contribution < 1.29 is 23.8 Å². The number of nitrogens with one attached hydrogen (secondary N) is 1. The second kappa shape index (κ2) is 9.71. The maximum Gasteiger partial charge on any atom is 0.261 e. The zero-order valence-corrected chi connectivity index (χ0v) is 20.3.